The van der Waals surface area contributed by atoms with E-state index in [1.54, 1.807) is 17.5 Å². The van der Waals surface area contributed by atoms with Gasteiger partial charge < -0.3 is 0 Å². The molecule has 1 aliphatic rings. The Hall–Kier alpha value is -2.09. The van der Waals surface area contributed by atoms with E-state index in [9.17, 15) is 8.42 Å². The number of rotatable bonds is 4. The molecule has 0 spiro atoms. The Morgan fingerprint density at radius 3 is 2.73 bits per heavy atom. The van der Waals surface area contributed by atoms with E-state index in [4.69, 9.17) is 0 Å². The van der Waals surface area contributed by atoms with Gasteiger partial charge in [0.1, 0.15) is 0 Å². The lowest BCUT2D eigenvalue weighted by atomic mass is 10.1. The Labute approximate surface area is 157 Å². The second-order valence-corrected chi connectivity index (χ2v) is 9.57. The van der Waals surface area contributed by atoms with Crippen LogP contribution >= 0.6 is 11.3 Å². The van der Waals surface area contributed by atoms with Crippen molar-refractivity contribution in [1.29, 1.82) is 0 Å². The van der Waals surface area contributed by atoms with E-state index in [0.717, 1.165) is 37.0 Å². The molecule has 1 aliphatic heterocycles. The zero-order valence-electron chi connectivity index (χ0n) is 14.4. The molecule has 134 valence electrons. The van der Waals surface area contributed by atoms with Crippen LogP contribution in [0.2, 0.25) is 0 Å². The van der Waals surface area contributed by atoms with Crippen molar-refractivity contribution in [2.75, 3.05) is 12.8 Å². The van der Waals surface area contributed by atoms with E-state index in [1.807, 2.05) is 6.07 Å². The van der Waals surface area contributed by atoms with Gasteiger partial charge in [0.05, 0.1) is 5.69 Å². The maximum atomic E-state index is 11.7. The topological polar surface area (TPSA) is 63.2 Å². The fourth-order valence-electron chi connectivity index (χ4n) is 3.09. The van der Waals surface area contributed by atoms with Gasteiger partial charge in [0.2, 0.25) is 15.0 Å². The van der Waals surface area contributed by atoms with Gasteiger partial charge in [-0.05, 0) is 29.7 Å². The predicted molar refractivity (Wildman–Crippen MR) is 103 cm³/mol. The molecule has 0 saturated heterocycles. The lowest BCUT2D eigenvalue weighted by Crippen LogP contribution is -2.31. The van der Waals surface area contributed by atoms with Crippen molar-refractivity contribution in [3.8, 4) is 10.4 Å². The minimum absolute atomic E-state index is 0.0828. The van der Waals surface area contributed by atoms with Crippen molar-refractivity contribution in [2.45, 2.75) is 24.7 Å². The molecule has 4 rings (SSSR count). The predicted octanol–water partition coefficient (Wildman–Crippen LogP) is 3.17. The second kappa shape index (κ2) is 6.90. The fourth-order valence-corrected chi connectivity index (χ4v) is 4.67. The van der Waals surface area contributed by atoms with Crippen molar-refractivity contribution < 1.29 is 8.42 Å². The molecule has 0 aliphatic carbocycles. The Balaban J connectivity index is 1.50. The summed E-state index contributed by atoms with van der Waals surface area (Å²) < 4.78 is 23.4. The number of aromatic nitrogens is 2. The van der Waals surface area contributed by atoms with Gasteiger partial charge in [-0.3, -0.25) is 4.90 Å². The summed E-state index contributed by atoms with van der Waals surface area (Å²) in [6, 6.07) is 14.7. The second-order valence-electron chi connectivity index (χ2n) is 6.49. The van der Waals surface area contributed by atoms with Crippen LogP contribution in [0.5, 0.6) is 0 Å². The first kappa shape index (κ1) is 17.3. The van der Waals surface area contributed by atoms with Crippen LogP contribution < -0.4 is 0 Å². The molecule has 1 aromatic carbocycles. The summed E-state index contributed by atoms with van der Waals surface area (Å²) in [5.74, 6) is 0. The van der Waals surface area contributed by atoms with Crippen molar-refractivity contribution in [2.24, 2.45) is 0 Å². The van der Waals surface area contributed by atoms with Crippen molar-refractivity contribution in [3.05, 3.63) is 64.8 Å². The molecule has 0 radical (unpaired) electrons. The zero-order chi connectivity index (χ0) is 18.1. The Kier molecular flexibility index (Phi) is 4.60. The minimum Gasteiger partial charge on any atom is -0.292 e. The highest BCUT2D eigenvalue weighted by molar-refractivity contribution is 7.90. The van der Waals surface area contributed by atoms with E-state index in [2.05, 4.69) is 51.3 Å². The van der Waals surface area contributed by atoms with E-state index < -0.39 is 9.84 Å². The van der Waals surface area contributed by atoms with Crippen LogP contribution in [0.4, 0.5) is 0 Å². The average Bonchev–Trinajstić information content (AvgIpc) is 3.09. The molecule has 26 heavy (non-hydrogen) atoms. The van der Waals surface area contributed by atoms with Crippen LogP contribution in [0.25, 0.3) is 10.4 Å². The summed E-state index contributed by atoms with van der Waals surface area (Å²) in [6.07, 6.45) is 3.65. The minimum atomic E-state index is -3.38. The Morgan fingerprint density at radius 1 is 1.15 bits per heavy atom. The van der Waals surface area contributed by atoms with Gasteiger partial charge in [-0.15, -0.1) is 11.3 Å². The van der Waals surface area contributed by atoms with Gasteiger partial charge in [-0.2, -0.15) is 0 Å². The summed E-state index contributed by atoms with van der Waals surface area (Å²) >= 11 is 1.80. The van der Waals surface area contributed by atoms with Gasteiger partial charge in [0.25, 0.3) is 0 Å². The number of hydrogen-bond acceptors (Lipinski definition) is 6. The molecule has 7 heteroatoms. The quantitative estimate of drug-likeness (QED) is 0.646. The van der Waals surface area contributed by atoms with Crippen LogP contribution in [-0.2, 0) is 29.3 Å². The average molecular weight is 386 g/mol. The molecule has 0 amide bonds. The zero-order valence-corrected chi connectivity index (χ0v) is 16.1. The Bertz CT molecular complexity index is 1030. The van der Waals surface area contributed by atoms with Crippen LogP contribution in [0.3, 0.4) is 0 Å². The first-order valence-corrected chi connectivity index (χ1v) is 11.1. The molecular formula is C19H19N3O2S2. The lowest BCUT2D eigenvalue weighted by Gasteiger charge is -2.27. The smallest absolute Gasteiger partial charge is 0.247 e. The van der Waals surface area contributed by atoms with Crippen LogP contribution in [0.15, 0.2) is 53.8 Å². The van der Waals surface area contributed by atoms with Gasteiger partial charge in [-0.1, -0.05) is 30.3 Å². The number of fused-ring (bicyclic) bond motifs is 1. The van der Waals surface area contributed by atoms with Crippen molar-refractivity contribution in [1.82, 2.24) is 14.9 Å². The molecule has 2 aromatic heterocycles. The molecule has 3 heterocycles. The molecule has 0 unspecified atom stereocenters. The van der Waals surface area contributed by atoms with Gasteiger partial charge in [0, 0.05) is 41.8 Å². The van der Waals surface area contributed by atoms with Gasteiger partial charge >= 0.3 is 0 Å². The molecule has 5 nitrogen and oxygen atoms in total. The van der Waals surface area contributed by atoms with E-state index in [0.29, 0.717) is 6.54 Å². The fraction of sp³-hybridized carbons (Fsp3) is 0.263. The largest absolute Gasteiger partial charge is 0.292 e. The Morgan fingerprint density at radius 2 is 1.96 bits per heavy atom. The molecule has 0 N–H and O–H groups in total. The molecule has 0 atom stereocenters. The standard InChI is InChI=1S/C19H19N3O2S2/c1-26(23,24)19-20-11-15-9-10-22(13-17(15)21-19)12-16-7-8-18(25-16)14-5-3-2-4-6-14/h2-8,11H,9-10,12-13H2,1H3. The maximum Gasteiger partial charge on any atom is 0.247 e. The highest BCUT2D eigenvalue weighted by Gasteiger charge is 2.21. The summed E-state index contributed by atoms with van der Waals surface area (Å²) in [5, 5.41) is -0.0828. The molecule has 0 saturated carbocycles. The molecule has 0 fully saturated rings. The third kappa shape index (κ3) is 3.70. The van der Waals surface area contributed by atoms with E-state index >= 15 is 0 Å². The van der Waals surface area contributed by atoms with Crippen LogP contribution in [-0.4, -0.2) is 36.1 Å². The maximum absolute atomic E-state index is 11.7. The first-order chi connectivity index (χ1) is 12.5. The summed E-state index contributed by atoms with van der Waals surface area (Å²) in [4.78, 5) is 13.2. The monoisotopic (exact) mass is 385 g/mol. The number of nitrogens with zero attached hydrogens (tertiary/aromatic N) is 3. The van der Waals surface area contributed by atoms with Crippen molar-refractivity contribution in [3.63, 3.8) is 0 Å². The van der Waals surface area contributed by atoms with E-state index in [1.165, 1.54) is 15.3 Å². The molecular weight excluding hydrogens is 366 g/mol. The van der Waals surface area contributed by atoms with E-state index in [-0.39, 0.29) is 5.16 Å². The number of benzene rings is 1. The number of thiophene rings is 1. The van der Waals surface area contributed by atoms with Crippen LogP contribution in [0.1, 0.15) is 16.1 Å². The highest BCUT2D eigenvalue weighted by atomic mass is 32.2. The van der Waals surface area contributed by atoms with Gasteiger partial charge in [-0.25, -0.2) is 18.4 Å². The SMILES string of the molecule is CS(=O)(=O)c1ncc2c(n1)CN(Cc1ccc(-c3ccccc3)s1)CC2. The van der Waals surface area contributed by atoms with Crippen LogP contribution in [0, 0.1) is 0 Å². The highest BCUT2D eigenvalue weighted by Crippen LogP contribution is 2.29. The lowest BCUT2D eigenvalue weighted by molar-refractivity contribution is 0.242. The molecule has 3 aromatic rings. The normalized spacial score (nSPS) is 15.0. The summed E-state index contributed by atoms with van der Waals surface area (Å²) in [5.41, 5.74) is 3.11. The number of sulfone groups is 1. The summed E-state index contributed by atoms with van der Waals surface area (Å²) in [6.45, 7) is 2.42. The van der Waals surface area contributed by atoms with Gasteiger partial charge in [0.15, 0.2) is 0 Å². The first-order valence-electron chi connectivity index (χ1n) is 8.40. The third-order valence-corrected chi connectivity index (χ3v) is 6.41. The summed E-state index contributed by atoms with van der Waals surface area (Å²) in [7, 11) is -3.38. The third-order valence-electron chi connectivity index (χ3n) is 4.43. The molecule has 0 bridgehead atoms. The number of hydrogen-bond donors (Lipinski definition) is 0. The van der Waals surface area contributed by atoms with Crippen molar-refractivity contribution >= 4 is 21.2 Å².